The third-order valence-corrected chi connectivity index (χ3v) is 5.65. The lowest BCUT2D eigenvalue weighted by atomic mass is 9.84. The van der Waals surface area contributed by atoms with Crippen LogP contribution in [0.15, 0.2) is 114 Å². The number of nitrogens with zero attached hydrogens (tertiary/aromatic N) is 1. The number of rotatable bonds is 5. The first-order valence-corrected chi connectivity index (χ1v) is 10.2. The fourth-order valence-corrected chi connectivity index (χ4v) is 4.19. The molecule has 4 aromatic rings. The van der Waals surface area contributed by atoms with E-state index in [0.29, 0.717) is 11.1 Å². The minimum atomic E-state index is 0.0308. The summed E-state index contributed by atoms with van der Waals surface area (Å²) >= 11 is 0. The molecule has 0 N–H and O–H groups in total. The SMILES string of the molecule is O=C(c1ccccc1)c1ccccc1C1=Nc2ccccc2C1Cc1ccccc1. The second-order valence-corrected chi connectivity index (χ2v) is 7.54. The number of benzene rings is 4. The summed E-state index contributed by atoms with van der Waals surface area (Å²) < 4.78 is 0. The average Bonchev–Trinajstić information content (AvgIpc) is 3.18. The van der Waals surface area contributed by atoms with Crippen molar-refractivity contribution in [2.75, 3.05) is 0 Å². The number of carbonyl (C=O) groups excluding carboxylic acids is 1. The fraction of sp³-hybridized carbons (Fsp3) is 0.0714. The molecule has 1 atom stereocenters. The van der Waals surface area contributed by atoms with E-state index in [0.717, 1.165) is 23.4 Å². The van der Waals surface area contributed by atoms with E-state index in [1.165, 1.54) is 11.1 Å². The Morgan fingerprint density at radius 2 is 1.33 bits per heavy atom. The van der Waals surface area contributed by atoms with Crippen molar-refractivity contribution in [3.8, 4) is 0 Å². The zero-order chi connectivity index (χ0) is 20.3. The second kappa shape index (κ2) is 7.92. The zero-order valence-electron chi connectivity index (χ0n) is 16.5. The van der Waals surface area contributed by atoms with Gasteiger partial charge in [-0.25, -0.2) is 0 Å². The van der Waals surface area contributed by atoms with E-state index in [-0.39, 0.29) is 11.7 Å². The molecular formula is C28H21NO. The third kappa shape index (κ3) is 3.37. The van der Waals surface area contributed by atoms with Gasteiger partial charge in [-0.05, 0) is 23.6 Å². The van der Waals surface area contributed by atoms with Crippen molar-refractivity contribution in [1.82, 2.24) is 0 Å². The Balaban J connectivity index is 1.60. The molecule has 1 aliphatic heterocycles. The summed E-state index contributed by atoms with van der Waals surface area (Å²) in [5, 5.41) is 0. The molecule has 1 heterocycles. The van der Waals surface area contributed by atoms with Crippen LogP contribution in [0.25, 0.3) is 0 Å². The van der Waals surface area contributed by atoms with Crippen LogP contribution in [-0.4, -0.2) is 11.5 Å². The number of hydrogen-bond acceptors (Lipinski definition) is 2. The van der Waals surface area contributed by atoms with Gasteiger partial charge in [0.1, 0.15) is 0 Å². The molecule has 1 unspecified atom stereocenters. The monoisotopic (exact) mass is 387 g/mol. The quantitative estimate of drug-likeness (QED) is 0.365. The zero-order valence-corrected chi connectivity index (χ0v) is 16.5. The van der Waals surface area contributed by atoms with Crippen LogP contribution in [0.4, 0.5) is 5.69 Å². The minimum Gasteiger partial charge on any atom is -0.289 e. The van der Waals surface area contributed by atoms with E-state index in [4.69, 9.17) is 4.99 Å². The fourth-order valence-electron chi connectivity index (χ4n) is 4.19. The molecule has 1 aliphatic rings. The van der Waals surface area contributed by atoms with Gasteiger partial charge in [-0.2, -0.15) is 0 Å². The lowest BCUT2D eigenvalue weighted by Gasteiger charge is -2.17. The van der Waals surface area contributed by atoms with Crippen molar-refractivity contribution < 1.29 is 4.79 Å². The first-order valence-electron chi connectivity index (χ1n) is 10.2. The summed E-state index contributed by atoms with van der Waals surface area (Å²) in [6.07, 6.45) is 0.852. The number of para-hydroxylation sites is 1. The average molecular weight is 387 g/mol. The summed E-state index contributed by atoms with van der Waals surface area (Å²) in [6, 6.07) is 36.1. The lowest BCUT2D eigenvalue weighted by Crippen LogP contribution is -2.17. The predicted octanol–water partition coefficient (Wildman–Crippen LogP) is 6.38. The highest BCUT2D eigenvalue weighted by molar-refractivity contribution is 6.19. The van der Waals surface area contributed by atoms with Gasteiger partial charge < -0.3 is 0 Å². The van der Waals surface area contributed by atoms with E-state index < -0.39 is 0 Å². The lowest BCUT2D eigenvalue weighted by molar-refractivity contribution is 0.103. The van der Waals surface area contributed by atoms with Gasteiger partial charge in [-0.1, -0.05) is 103 Å². The molecule has 30 heavy (non-hydrogen) atoms. The van der Waals surface area contributed by atoms with Crippen LogP contribution in [0.5, 0.6) is 0 Å². The summed E-state index contributed by atoms with van der Waals surface area (Å²) in [6.45, 7) is 0. The molecule has 2 heteroatoms. The summed E-state index contributed by atoms with van der Waals surface area (Å²) in [7, 11) is 0. The highest BCUT2D eigenvalue weighted by Gasteiger charge is 2.30. The second-order valence-electron chi connectivity index (χ2n) is 7.54. The highest BCUT2D eigenvalue weighted by Crippen LogP contribution is 2.40. The largest absolute Gasteiger partial charge is 0.289 e. The first kappa shape index (κ1) is 18.3. The Labute approximate surface area is 176 Å². The molecular weight excluding hydrogens is 366 g/mol. The van der Waals surface area contributed by atoms with E-state index in [9.17, 15) is 4.79 Å². The maximum atomic E-state index is 13.3. The Bertz CT molecular complexity index is 1230. The molecule has 0 spiro atoms. The normalized spacial score (nSPS) is 14.8. The van der Waals surface area contributed by atoms with Crippen molar-refractivity contribution in [1.29, 1.82) is 0 Å². The Morgan fingerprint density at radius 3 is 2.13 bits per heavy atom. The van der Waals surface area contributed by atoms with E-state index in [1.54, 1.807) is 0 Å². The molecule has 2 nitrogen and oxygen atoms in total. The van der Waals surface area contributed by atoms with E-state index in [1.807, 2.05) is 66.7 Å². The van der Waals surface area contributed by atoms with Gasteiger partial charge in [-0.15, -0.1) is 0 Å². The van der Waals surface area contributed by atoms with Crippen molar-refractivity contribution in [2.24, 2.45) is 4.99 Å². The topological polar surface area (TPSA) is 29.4 Å². The molecule has 0 aromatic heterocycles. The Kier molecular flexibility index (Phi) is 4.82. The van der Waals surface area contributed by atoms with Crippen LogP contribution in [-0.2, 0) is 6.42 Å². The highest BCUT2D eigenvalue weighted by atomic mass is 16.1. The molecule has 144 valence electrons. The molecule has 0 saturated carbocycles. The van der Waals surface area contributed by atoms with Crippen molar-refractivity contribution in [2.45, 2.75) is 12.3 Å². The number of carbonyl (C=O) groups is 1. The standard InChI is InChI=1S/C28H21NO/c30-28(21-13-5-2-6-14-21)24-17-8-7-16-23(24)27-25(19-20-11-3-1-4-12-20)22-15-9-10-18-26(22)29-27/h1-18,25H,19H2. The number of aliphatic imine (C=N–C) groups is 1. The maximum Gasteiger partial charge on any atom is 0.193 e. The van der Waals surface area contributed by atoms with Crippen LogP contribution in [0.1, 0.15) is 38.5 Å². The van der Waals surface area contributed by atoms with E-state index >= 15 is 0 Å². The van der Waals surface area contributed by atoms with Crippen LogP contribution in [0.3, 0.4) is 0 Å². The summed E-state index contributed by atoms with van der Waals surface area (Å²) in [5.41, 5.74) is 6.77. The van der Waals surface area contributed by atoms with Crippen LogP contribution in [0, 0.1) is 0 Å². The van der Waals surface area contributed by atoms with Crippen LogP contribution < -0.4 is 0 Å². The van der Waals surface area contributed by atoms with Gasteiger partial charge >= 0.3 is 0 Å². The van der Waals surface area contributed by atoms with Crippen LogP contribution in [0.2, 0.25) is 0 Å². The molecule has 0 amide bonds. The van der Waals surface area contributed by atoms with Crippen molar-refractivity contribution in [3.05, 3.63) is 137 Å². The number of fused-ring (bicyclic) bond motifs is 1. The maximum absolute atomic E-state index is 13.3. The summed E-state index contributed by atoms with van der Waals surface area (Å²) in [5.74, 6) is 0.150. The van der Waals surface area contributed by atoms with Gasteiger partial charge in [0.2, 0.25) is 0 Å². The van der Waals surface area contributed by atoms with Crippen molar-refractivity contribution >= 4 is 17.2 Å². The van der Waals surface area contributed by atoms with Gasteiger partial charge in [0, 0.05) is 22.6 Å². The smallest absolute Gasteiger partial charge is 0.193 e. The molecule has 0 bridgehead atoms. The molecule has 0 saturated heterocycles. The third-order valence-electron chi connectivity index (χ3n) is 5.65. The first-order chi connectivity index (χ1) is 14.8. The molecule has 0 radical (unpaired) electrons. The van der Waals surface area contributed by atoms with E-state index in [2.05, 4.69) is 42.5 Å². The van der Waals surface area contributed by atoms with Gasteiger partial charge in [0.05, 0.1) is 11.4 Å². The van der Waals surface area contributed by atoms with Crippen molar-refractivity contribution in [3.63, 3.8) is 0 Å². The predicted molar refractivity (Wildman–Crippen MR) is 122 cm³/mol. The number of ketones is 1. The number of hydrogen-bond donors (Lipinski definition) is 0. The van der Waals surface area contributed by atoms with Crippen LogP contribution >= 0.6 is 0 Å². The van der Waals surface area contributed by atoms with Gasteiger partial charge in [-0.3, -0.25) is 9.79 Å². The molecule has 5 rings (SSSR count). The summed E-state index contributed by atoms with van der Waals surface area (Å²) in [4.78, 5) is 18.3. The van der Waals surface area contributed by atoms with Gasteiger partial charge in [0.25, 0.3) is 0 Å². The molecule has 0 aliphatic carbocycles. The molecule has 4 aromatic carbocycles. The Hall–Kier alpha value is -3.78. The minimum absolute atomic E-state index is 0.0308. The molecule has 0 fully saturated rings. The Morgan fingerprint density at radius 1 is 0.700 bits per heavy atom. The van der Waals surface area contributed by atoms with Gasteiger partial charge in [0.15, 0.2) is 5.78 Å².